The number of carbonyl (C=O) groups excluding carboxylic acids is 1. The summed E-state index contributed by atoms with van der Waals surface area (Å²) in [5.74, 6) is -0.877. The summed E-state index contributed by atoms with van der Waals surface area (Å²) in [6.07, 6.45) is -3.52. The predicted molar refractivity (Wildman–Crippen MR) is 75.8 cm³/mol. The van der Waals surface area contributed by atoms with Gasteiger partial charge in [0.2, 0.25) is 0 Å². The number of halogens is 3. The quantitative estimate of drug-likeness (QED) is 0.647. The predicted octanol–water partition coefficient (Wildman–Crippen LogP) is 2.93. The Morgan fingerprint density at radius 3 is 2.33 bits per heavy atom. The molecule has 0 fully saturated rings. The van der Waals surface area contributed by atoms with Gasteiger partial charge in [0.1, 0.15) is 16.9 Å². The lowest BCUT2D eigenvalue weighted by molar-refractivity contribution is -0.111. The molecule has 2 atom stereocenters. The van der Waals surface area contributed by atoms with Crippen LogP contribution in [0.2, 0.25) is 0 Å². The highest BCUT2D eigenvalue weighted by atomic mass is 32.2. The molecule has 0 saturated carbocycles. The van der Waals surface area contributed by atoms with Crippen LogP contribution in [0.3, 0.4) is 0 Å². The van der Waals surface area contributed by atoms with Crippen molar-refractivity contribution in [2.75, 3.05) is 0 Å². The molecule has 0 aliphatic rings. The number of hydrogen-bond donors (Lipinski definition) is 1. The molecule has 0 bridgehead atoms. The van der Waals surface area contributed by atoms with Crippen LogP contribution < -0.4 is 4.72 Å². The summed E-state index contributed by atoms with van der Waals surface area (Å²) in [4.78, 5) is 10.8. The topological polar surface area (TPSA) is 52.2 Å². The Kier molecular flexibility index (Phi) is 5.83. The molecule has 1 N–H and O–H groups in total. The molecule has 3 nitrogen and oxygen atoms in total. The van der Waals surface area contributed by atoms with Crippen molar-refractivity contribution in [1.82, 2.24) is 4.72 Å². The van der Waals surface area contributed by atoms with E-state index in [1.54, 1.807) is 20.8 Å². The summed E-state index contributed by atoms with van der Waals surface area (Å²) >= 11 is -1.89. The van der Waals surface area contributed by atoms with Crippen molar-refractivity contribution in [1.29, 1.82) is 0 Å². The highest BCUT2D eigenvalue weighted by Crippen LogP contribution is 2.35. The fraction of sp³-hybridized carbons (Fsp3) is 0.500. The third kappa shape index (κ3) is 3.99. The summed E-state index contributed by atoms with van der Waals surface area (Å²) < 4.78 is 54.8. The molecule has 7 heteroatoms. The molecule has 2 unspecified atom stereocenters. The van der Waals surface area contributed by atoms with E-state index in [4.69, 9.17) is 0 Å². The van der Waals surface area contributed by atoms with Gasteiger partial charge in [0, 0.05) is 23.3 Å². The van der Waals surface area contributed by atoms with Crippen molar-refractivity contribution in [3.8, 4) is 0 Å². The Balaban J connectivity index is 3.35. The Bertz CT molecular complexity index is 493. The average Bonchev–Trinajstić information content (AvgIpc) is 2.37. The van der Waals surface area contributed by atoms with Crippen LogP contribution in [-0.4, -0.2) is 22.0 Å². The third-order valence-electron chi connectivity index (χ3n) is 2.96. The van der Waals surface area contributed by atoms with Gasteiger partial charge in [-0.1, -0.05) is 18.2 Å². The maximum Gasteiger partial charge on any atom is 0.265 e. The van der Waals surface area contributed by atoms with E-state index in [1.165, 1.54) is 12.1 Å². The maximum absolute atomic E-state index is 13.9. The van der Waals surface area contributed by atoms with E-state index in [1.807, 2.05) is 0 Å². The Labute approximate surface area is 125 Å². The minimum atomic E-state index is -3.11. The van der Waals surface area contributed by atoms with Crippen LogP contribution in [0.4, 0.5) is 13.2 Å². The fourth-order valence-electron chi connectivity index (χ4n) is 1.73. The minimum Gasteiger partial charge on any atom is -0.598 e. The van der Waals surface area contributed by atoms with Gasteiger partial charge in [0.15, 0.2) is 5.54 Å². The number of benzene rings is 1. The third-order valence-corrected chi connectivity index (χ3v) is 4.63. The van der Waals surface area contributed by atoms with Gasteiger partial charge in [-0.15, -0.1) is 4.72 Å². The van der Waals surface area contributed by atoms with Crippen LogP contribution in [-0.2, 0) is 21.7 Å². The zero-order valence-corrected chi connectivity index (χ0v) is 12.8. The largest absolute Gasteiger partial charge is 0.598 e. The first-order valence-electron chi connectivity index (χ1n) is 6.31. The fourth-order valence-corrected chi connectivity index (χ4v) is 2.65. The van der Waals surface area contributed by atoms with Crippen LogP contribution in [0.1, 0.15) is 32.8 Å². The van der Waals surface area contributed by atoms with Crippen LogP contribution in [0.25, 0.3) is 0 Å². The van der Waals surface area contributed by atoms with Gasteiger partial charge >= 0.3 is 0 Å². The highest BCUT2D eigenvalue weighted by Gasteiger charge is 2.49. The summed E-state index contributed by atoms with van der Waals surface area (Å²) in [5, 5.41) is 0. The molecular weight excluding hydrogens is 303 g/mol. The van der Waals surface area contributed by atoms with E-state index in [0.29, 0.717) is 0 Å². The molecule has 1 aromatic rings. The molecular formula is C14H18F3NO2S. The molecule has 0 radical (unpaired) electrons. The molecule has 0 heterocycles. The van der Waals surface area contributed by atoms with E-state index in [2.05, 4.69) is 4.72 Å². The van der Waals surface area contributed by atoms with Gasteiger partial charge < -0.3 is 9.35 Å². The van der Waals surface area contributed by atoms with E-state index < -0.39 is 40.3 Å². The van der Waals surface area contributed by atoms with Gasteiger partial charge in [-0.25, -0.2) is 13.2 Å². The summed E-state index contributed by atoms with van der Waals surface area (Å²) in [6.45, 7) is 4.78. The van der Waals surface area contributed by atoms with E-state index in [0.717, 1.165) is 12.1 Å². The molecule has 21 heavy (non-hydrogen) atoms. The lowest BCUT2D eigenvalue weighted by atomic mass is 9.88. The number of rotatable bonds is 6. The second kappa shape index (κ2) is 6.81. The lowest BCUT2D eigenvalue weighted by Crippen LogP contribution is -2.55. The molecule has 0 saturated heterocycles. The number of nitrogens with one attached hydrogen (secondary N) is 1. The number of hydrogen-bond acceptors (Lipinski definition) is 3. The van der Waals surface area contributed by atoms with Gasteiger partial charge in [-0.2, -0.15) is 0 Å². The van der Waals surface area contributed by atoms with Crippen LogP contribution in [0.5, 0.6) is 0 Å². The van der Waals surface area contributed by atoms with Gasteiger partial charge in [0.05, 0.1) is 0 Å². The summed E-state index contributed by atoms with van der Waals surface area (Å²) in [6, 6.07) is 4.94. The van der Waals surface area contributed by atoms with Crippen LogP contribution in [0.15, 0.2) is 24.3 Å². The lowest BCUT2D eigenvalue weighted by Gasteiger charge is -2.36. The van der Waals surface area contributed by atoms with Gasteiger partial charge in [-0.3, -0.25) is 0 Å². The standard InChI is InChI=1S/C14H18F3NO2S/c1-13(2,3)21(20)18-14(8-9-19,12(16)17)10-6-4-5-7-11(10)15/h4-7,9,12,18H,8H2,1-3H3. The molecule has 0 amide bonds. The molecule has 1 aromatic carbocycles. The van der Waals surface area contributed by atoms with Crippen molar-refractivity contribution >= 4 is 17.6 Å². The van der Waals surface area contributed by atoms with Crippen molar-refractivity contribution in [2.45, 2.75) is 43.9 Å². The molecule has 0 spiro atoms. The zero-order valence-electron chi connectivity index (χ0n) is 12.0. The number of alkyl halides is 2. The van der Waals surface area contributed by atoms with Crippen molar-refractivity contribution in [3.05, 3.63) is 35.6 Å². The Morgan fingerprint density at radius 1 is 1.33 bits per heavy atom. The van der Waals surface area contributed by atoms with E-state index >= 15 is 0 Å². The monoisotopic (exact) mass is 321 g/mol. The maximum atomic E-state index is 13.9. The smallest absolute Gasteiger partial charge is 0.265 e. The van der Waals surface area contributed by atoms with Crippen molar-refractivity contribution in [2.24, 2.45) is 0 Å². The van der Waals surface area contributed by atoms with Gasteiger partial charge in [-0.05, 0) is 26.8 Å². The minimum absolute atomic E-state index is 0.269. The van der Waals surface area contributed by atoms with E-state index in [-0.39, 0.29) is 11.8 Å². The highest BCUT2D eigenvalue weighted by molar-refractivity contribution is 7.90. The second-order valence-corrected chi connectivity index (χ2v) is 7.57. The SMILES string of the molecule is CC(C)(C)[S+]([O-])NC(CC=O)(c1ccccc1F)C(F)F. The van der Waals surface area contributed by atoms with Crippen LogP contribution >= 0.6 is 0 Å². The summed E-state index contributed by atoms with van der Waals surface area (Å²) in [7, 11) is 0. The Hall–Kier alpha value is -1.05. The van der Waals surface area contributed by atoms with Crippen molar-refractivity contribution < 1.29 is 22.5 Å². The first-order chi connectivity index (χ1) is 9.65. The molecule has 1 rings (SSSR count). The first kappa shape index (κ1) is 18.0. The second-order valence-electron chi connectivity index (χ2n) is 5.61. The normalized spacial score (nSPS) is 16.6. The zero-order chi connectivity index (χ0) is 16.3. The van der Waals surface area contributed by atoms with E-state index in [9.17, 15) is 22.5 Å². The molecule has 0 aliphatic heterocycles. The molecule has 0 aromatic heterocycles. The molecule has 0 aliphatic carbocycles. The van der Waals surface area contributed by atoms with Gasteiger partial charge in [0.25, 0.3) is 6.43 Å². The number of carbonyl (C=O) groups is 1. The van der Waals surface area contributed by atoms with Crippen LogP contribution in [0, 0.1) is 5.82 Å². The average molecular weight is 321 g/mol. The Morgan fingerprint density at radius 2 is 1.90 bits per heavy atom. The number of aldehydes is 1. The summed E-state index contributed by atoms with van der Waals surface area (Å²) in [5.41, 5.74) is -2.68. The molecule has 118 valence electrons. The first-order valence-corrected chi connectivity index (χ1v) is 7.46. The van der Waals surface area contributed by atoms with Crippen molar-refractivity contribution in [3.63, 3.8) is 0 Å².